The Bertz CT molecular complexity index is 983. The summed E-state index contributed by atoms with van der Waals surface area (Å²) in [5, 5.41) is 3.08. The van der Waals surface area contributed by atoms with Gasteiger partial charge in [0.25, 0.3) is 0 Å². The predicted molar refractivity (Wildman–Crippen MR) is 116 cm³/mol. The molecule has 3 rings (SSSR count). The molecule has 1 aromatic heterocycles. The number of amides is 1. The van der Waals surface area contributed by atoms with E-state index >= 15 is 0 Å². The number of hydrogen-bond acceptors (Lipinski definition) is 6. The van der Waals surface area contributed by atoms with Crippen molar-refractivity contribution < 1.29 is 27.4 Å². The van der Waals surface area contributed by atoms with Gasteiger partial charge in [-0.15, -0.1) is 0 Å². The van der Waals surface area contributed by atoms with E-state index in [9.17, 15) is 18.0 Å². The summed E-state index contributed by atoms with van der Waals surface area (Å²) in [7, 11) is 2.93. The van der Waals surface area contributed by atoms with Gasteiger partial charge in [-0.25, -0.2) is 4.98 Å². The lowest BCUT2D eigenvalue weighted by Crippen LogP contribution is -2.49. The average Bonchev–Trinajstić information content (AvgIpc) is 2.74. The van der Waals surface area contributed by atoms with Crippen molar-refractivity contribution in [3.05, 3.63) is 40.0 Å². The van der Waals surface area contributed by atoms with E-state index in [0.29, 0.717) is 54.2 Å². The van der Waals surface area contributed by atoms with Gasteiger partial charge in [-0.1, -0.05) is 23.2 Å². The fraction of sp³-hybridized carbons (Fsp3) is 0.400. The summed E-state index contributed by atoms with van der Waals surface area (Å²) in [4.78, 5) is 20.1. The van der Waals surface area contributed by atoms with E-state index in [1.807, 2.05) is 4.90 Å². The number of hydrogen-bond donors (Lipinski definition) is 1. The third-order valence-electron chi connectivity index (χ3n) is 4.94. The second kappa shape index (κ2) is 10.0. The van der Waals surface area contributed by atoms with Crippen LogP contribution in [-0.4, -0.2) is 62.7 Å². The third kappa shape index (κ3) is 5.67. The van der Waals surface area contributed by atoms with Crippen LogP contribution in [0.25, 0.3) is 0 Å². The van der Waals surface area contributed by atoms with Crippen molar-refractivity contribution in [2.24, 2.45) is 0 Å². The Morgan fingerprint density at radius 3 is 2.28 bits per heavy atom. The van der Waals surface area contributed by atoms with Crippen LogP contribution >= 0.6 is 23.2 Å². The standard InChI is InChI=1S/C20H21Cl2F3N4O3/c1-31-16-9-15(17(32-2)8-13(16)21)27-18(30)11-28-3-5-29(6-4-28)19-14(22)7-12(10-26-19)20(23,24)25/h7-10H,3-6,11H2,1-2H3,(H,27,30). The molecule has 1 amide bonds. The third-order valence-corrected chi connectivity index (χ3v) is 5.51. The highest BCUT2D eigenvalue weighted by atomic mass is 35.5. The smallest absolute Gasteiger partial charge is 0.417 e. The maximum atomic E-state index is 12.8. The van der Waals surface area contributed by atoms with Crippen molar-refractivity contribution in [3.8, 4) is 11.5 Å². The Morgan fingerprint density at radius 1 is 1.06 bits per heavy atom. The lowest BCUT2D eigenvalue weighted by molar-refractivity contribution is -0.137. The molecule has 1 aromatic carbocycles. The fourth-order valence-electron chi connectivity index (χ4n) is 3.29. The Kier molecular flexibility index (Phi) is 7.58. The lowest BCUT2D eigenvalue weighted by Gasteiger charge is -2.35. The van der Waals surface area contributed by atoms with Crippen molar-refractivity contribution in [2.45, 2.75) is 6.18 Å². The summed E-state index contributed by atoms with van der Waals surface area (Å²) in [6.45, 7) is 2.06. The molecule has 174 valence electrons. The average molecular weight is 493 g/mol. The van der Waals surface area contributed by atoms with E-state index in [2.05, 4.69) is 10.3 Å². The number of benzene rings is 1. The molecule has 32 heavy (non-hydrogen) atoms. The number of rotatable bonds is 6. The van der Waals surface area contributed by atoms with Gasteiger partial charge in [0.05, 0.1) is 42.1 Å². The van der Waals surface area contributed by atoms with Crippen molar-refractivity contribution in [2.75, 3.05) is 57.2 Å². The summed E-state index contributed by atoms with van der Waals surface area (Å²) < 4.78 is 48.8. The first kappa shape index (κ1) is 24.2. The summed E-state index contributed by atoms with van der Waals surface area (Å²) in [5.41, 5.74) is -0.464. The van der Waals surface area contributed by atoms with Crippen molar-refractivity contribution in [1.29, 1.82) is 0 Å². The van der Waals surface area contributed by atoms with Crippen LogP contribution in [0.3, 0.4) is 0 Å². The van der Waals surface area contributed by atoms with Gasteiger partial charge >= 0.3 is 6.18 Å². The summed E-state index contributed by atoms with van der Waals surface area (Å²) >= 11 is 12.1. The number of alkyl halides is 3. The van der Waals surface area contributed by atoms with Crippen LogP contribution in [-0.2, 0) is 11.0 Å². The molecule has 0 saturated carbocycles. The first-order chi connectivity index (χ1) is 15.1. The minimum atomic E-state index is -4.50. The zero-order chi connectivity index (χ0) is 23.5. The van der Waals surface area contributed by atoms with Crippen molar-refractivity contribution in [3.63, 3.8) is 0 Å². The Morgan fingerprint density at radius 2 is 1.72 bits per heavy atom. The Hall–Kier alpha value is -2.43. The lowest BCUT2D eigenvalue weighted by atomic mass is 10.2. The van der Waals surface area contributed by atoms with Crippen LogP contribution in [0.1, 0.15) is 5.56 Å². The molecule has 0 unspecified atom stereocenters. The number of piperazine rings is 1. The van der Waals surface area contributed by atoms with Gasteiger partial charge in [-0.2, -0.15) is 13.2 Å². The van der Waals surface area contributed by atoms with Gasteiger partial charge in [-0.3, -0.25) is 9.69 Å². The molecule has 12 heteroatoms. The number of nitrogens with zero attached hydrogens (tertiary/aromatic N) is 3. The molecule has 1 aliphatic heterocycles. The van der Waals surface area contributed by atoms with E-state index in [-0.39, 0.29) is 17.5 Å². The molecule has 2 heterocycles. The molecule has 0 aliphatic carbocycles. The molecule has 7 nitrogen and oxygen atoms in total. The van der Waals surface area contributed by atoms with Crippen molar-refractivity contribution in [1.82, 2.24) is 9.88 Å². The second-order valence-electron chi connectivity index (χ2n) is 7.03. The van der Waals surface area contributed by atoms with Crippen LogP contribution in [0.4, 0.5) is 24.7 Å². The highest BCUT2D eigenvalue weighted by Crippen LogP contribution is 2.36. The van der Waals surface area contributed by atoms with E-state index in [4.69, 9.17) is 32.7 Å². The normalized spacial score (nSPS) is 14.9. The molecule has 1 saturated heterocycles. The van der Waals surface area contributed by atoms with Crippen LogP contribution in [0.2, 0.25) is 10.0 Å². The molecule has 0 atom stereocenters. The zero-order valence-corrected chi connectivity index (χ0v) is 18.8. The first-order valence-electron chi connectivity index (χ1n) is 9.53. The maximum absolute atomic E-state index is 12.8. The number of pyridine rings is 1. The van der Waals surface area contributed by atoms with Gasteiger partial charge < -0.3 is 19.7 Å². The largest absolute Gasteiger partial charge is 0.495 e. The summed E-state index contributed by atoms with van der Waals surface area (Å²) in [5.74, 6) is 0.836. The number of ether oxygens (including phenoxy) is 2. The highest BCUT2D eigenvalue weighted by Gasteiger charge is 2.32. The number of carbonyl (C=O) groups excluding carboxylic acids is 1. The van der Waals surface area contributed by atoms with Gasteiger partial charge in [0.1, 0.15) is 17.3 Å². The van der Waals surface area contributed by atoms with Crippen LogP contribution < -0.4 is 19.7 Å². The SMILES string of the molecule is COc1cc(NC(=O)CN2CCN(c3ncc(C(F)(F)F)cc3Cl)CC2)c(OC)cc1Cl. The number of anilines is 2. The molecule has 0 spiro atoms. The molecular weight excluding hydrogens is 472 g/mol. The minimum Gasteiger partial charge on any atom is -0.495 e. The van der Waals surface area contributed by atoms with E-state index in [1.165, 1.54) is 14.2 Å². The van der Waals surface area contributed by atoms with E-state index in [1.54, 1.807) is 17.0 Å². The molecule has 1 fully saturated rings. The first-order valence-corrected chi connectivity index (χ1v) is 10.3. The summed E-state index contributed by atoms with van der Waals surface area (Å²) in [6, 6.07) is 4.00. The molecule has 0 radical (unpaired) electrons. The molecule has 0 bridgehead atoms. The minimum absolute atomic E-state index is 0.0604. The molecule has 2 aromatic rings. The highest BCUT2D eigenvalue weighted by molar-refractivity contribution is 6.33. The van der Waals surface area contributed by atoms with Gasteiger partial charge in [0.15, 0.2) is 0 Å². The van der Waals surface area contributed by atoms with Crippen molar-refractivity contribution >= 4 is 40.6 Å². The zero-order valence-electron chi connectivity index (χ0n) is 17.3. The van der Waals surface area contributed by atoms with Crippen LogP contribution in [0.15, 0.2) is 24.4 Å². The van der Waals surface area contributed by atoms with Gasteiger partial charge in [-0.05, 0) is 6.07 Å². The number of carbonyl (C=O) groups is 1. The Labute approximate surface area is 193 Å². The number of aromatic nitrogens is 1. The van der Waals surface area contributed by atoms with Crippen LogP contribution in [0, 0.1) is 0 Å². The maximum Gasteiger partial charge on any atom is 0.417 e. The molecular formula is C20H21Cl2F3N4O3. The summed E-state index contributed by atoms with van der Waals surface area (Å²) in [6.07, 6.45) is -3.73. The number of halogens is 5. The molecule has 1 aliphatic rings. The van der Waals surface area contributed by atoms with E-state index < -0.39 is 11.7 Å². The van der Waals surface area contributed by atoms with Gasteiger partial charge in [0, 0.05) is 44.5 Å². The molecule has 1 N–H and O–H groups in total. The quantitative estimate of drug-likeness (QED) is 0.652. The van der Waals surface area contributed by atoms with Crippen LogP contribution in [0.5, 0.6) is 11.5 Å². The monoisotopic (exact) mass is 492 g/mol. The topological polar surface area (TPSA) is 66.9 Å². The Balaban J connectivity index is 1.58. The second-order valence-corrected chi connectivity index (χ2v) is 7.84. The predicted octanol–water partition coefficient (Wildman–Crippen LogP) is 4.19. The van der Waals surface area contributed by atoms with Gasteiger partial charge in [0.2, 0.25) is 5.91 Å². The number of nitrogens with one attached hydrogen (secondary N) is 1. The fourth-order valence-corrected chi connectivity index (χ4v) is 3.80. The van der Waals surface area contributed by atoms with E-state index in [0.717, 1.165) is 12.3 Å². The number of methoxy groups -OCH3 is 2.